The van der Waals surface area contributed by atoms with Gasteiger partial charge in [-0.3, -0.25) is 4.79 Å². The van der Waals surface area contributed by atoms with Crippen LogP contribution < -0.4 is 14.8 Å². The first kappa shape index (κ1) is 18.1. The maximum absolute atomic E-state index is 12.2. The van der Waals surface area contributed by atoms with Crippen LogP contribution in [0.3, 0.4) is 0 Å². The minimum atomic E-state index is 0.0245. The summed E-state index contributed by atoms with van der Waals surface area (Å²) in [4.78, 5) is 12.2. The fourth-order valence-electron chi connectivity index (χ4n) is 2.71. The maximum Gasteiger partial charge on any atom is 0.220 e. The third-order valence-electron chi connectivity index (χ3n) is 4.09. The van der Waals surface area contributed by atoms with E-state index in [2.05, 4.69) is 9.88 Å². The van der Waals surface area contributed by atoms with Crippen molar-refractivity contribution in [2.24, 2.45) is 0 Å². The molecule has 0 saturated heterocycles. The van der Waals surface area contributed by atoms with Crippen LogP contribution in [0.5, 0.6) is 11.5 Å². The van der Waals surface area contributed by atoms with Crippen LogP contribution in [-0.4, -0.2) is 24.7 Å². The minimum absolute atomic E-state index is 0.0245. The maximum atomic E-state index is 12.2. The average Bonchev–Trinajstić information content (AvgIpc) is 3.35. The highest BCUT2D eigenvalue weighted by molar-refractivity contribution is 7.12. The number of amides is 1. The number of aryl methyl sites for hydroxylation is 1. The Morgan fingerprint density at radius 1 is 1.12 bits per heavy atom. The lowest BCUT2D eigenvalue weighted by Crippen LogP contribution is -2.23. The van der Waals surface area contributed by atoms with E-state index >= 15 is 0 Å². The Hall–Kier alpha value is -2.73. The van der Waals surface area contributed by atoms with E-state index in [1.165, 1.54) is 0 Å². The molecule has 0 radical (unpaired) electrons. The zero-order valence-electron chi connectivity index (χ0n) is 14.9. The molecule has 0 atom stereocenters. The van der Waals surface area contributed by atoms with E-state index in [4.69, 9.17) is 9.47 Å². The largest absolute Gasteiger partial charge is 0.497 e. The molecule has 0 spiro atoms. The number of carbonyl (C=O) groups is 1. The predicted molar refractivity (Wildman–Crippen MR) is 103 cm³/mol. The van der Waals surface area contributed by atoms with Crippen molar-refractivity contribution in [3.05, 3.63) is 65.3 Å². The summed E-state index contributed by atoms with van der Waals surface area (Å²) in [7, 11) is 3.24. The van der Waals surface area contributed by atoms with Gasteiger partial charge >= 0.3 is 0 Å². The second-order valence-corrected chi connectivity index (χ2v) is 6.73. The minimum Gasteiger partial charge on any atom is -0.497 e. The molecule has 0 saturated carbocycles. The van der Waals surface area contributed by atoms with Crippen LogP contribution in [0.4, 0.5) is 0 Å². The lowest BCUT2D eigenvalue weighted by atomic mass is 10.1. The van der Waals surface area contributed by atoms with Gasteiger partial charge in [0.1, 0.15) is 16.5 Å². The Labute approximate surface area is 157 Å². The van der Waals surface area contributed by atoms with Crippen molar-refractivity contribution in [3.63, 3.8) is 0 Å². The molecular formula is C20H22N2O3S. The highest BCUT2D eigenvalue weighted by atomic mass is 32.1. The van der Waals surface area contributed by atoms with Gasteiger partial charge in [-0.25, -0.2) is 0 Å². The summed E-state index contributed by atoms with van der Waals surface area (Å²) < 4.78 is 12.6. The van der Waals surface area contributed by atoms with Crippen molar-refractivity contribution in [1.82, 2.24) is 9.88 Å². The molecule has 0 aliphatic carbocycles. The Kier molecular flexibility index (Phi) is 5.96. The van der Waals surface area contributed by atoms with Crippen molar-refractivity contribution < 1.29 is 14.3 Å². The normalized spacial score (nSPS) is 10.5. The quantitative estimate of drug-likeness (QED) is 0.656. The Morgan fingerprint density at radius 3 is 2.46 bits per heavy atom. The molecule has 1 aromatic carbocycles. The number of hydrogen-bond acceptors (Lipinski definition) is 4. The van der Waals surface area contributed by atoms with E-state index < -0.39 is 0 Å². The van der Waals surface area contributed by atoms with Gasteiger partial charge in [-0.2, -0.15) is 0 Å². The van der Waals surface area contributed by atoms with Gasteiger partial charge in [-0.1, -0.05) is 0 Å². The number of rotatable bonds is 8. The topological polar surface area (TPSA) is 52.5 Å². The van der Waals surface area contributed by atoms with Gasteiger partial charge in [0, 0.05) is 37.0 Å². The number of benzene rings is 1. The van der Waals surface area contributed by atoms with Crippen molar-refractivity contribution >= 4 is 17.2 Å². The van der Waals surface area contributed by atoms with Crippen LogP contribution in [0.15, 0.2) is 54.2 Å². The Bertz CT molecular complexity index is 834. The SMILES string of the molecule is COc1cc(CCC(=O)NCc2ccsc2-n2cccc2)cc(OC)c1. The van der Waals surface area contributed by atoms with E-state index in [0.717, 1.165) is 27.6 Å². The molecule has 2 aromatic heterocycles. The average molecular weight is 370 g/mol. The van der Waals surface area contributed by atoms with Crippen LogP contribution in [0, 0.1) is 0 Å². The summed E-state index contributed by atoms with van der Waals surface area (Å²) in [5.41, 5.74) is 2.13. The van der Waals surface area contributed by atoms with Crippen molar-refractivity contribution in [3.8, 4) is 16.5 Å². The smallest absolute Gasteiger partial charge is 0.220 e. The monoisotopic (exact) mass is 370 g/mol. The van der Waals surface area contributed by atoms with Gasteiger partial charge in [-0.15, -0.1) is 11.3 Å². The molecule has 0 aliphatic heterocycles. The number of carbonyl (C=O) groups excluding carboxylic acids is 1. The van der Waals surface area contributed by atoms with Crippen LogP contribution in [0.2, 0.25) is 0 Å². The first-order valence-electron chi connectivity index (χ1n) is 8.38. The Balaban J connectivity index is 1.55. The second kappa shape index (κ2) is 8.58. The summed E-state index contributed by atoms with van der Waals surface area (Å²) in [5.74, 6) is 1.49. The molecule has 136 valence electrons. The molecule has 0 fully saturated rings. The van der Waals surface area contributed by atoms with E-state index in [1.54, 1.807) is 25.6 Å². The fourth-order valence-corrected chi connectivity index (χ4v) is 3.61. The molecule has 0 bridgehead atoms. The van der Waals surface area contributed by atoms with Gasteiger partial charge in [0.05, 0.1) is 14.2 Å². The molecular weight excluding hydrogens is 348 g/mol. The Morgan fingerprint density at radius 2 is 1.81 bits per heavy atom. The number of nitrogens with zero attached hydrogens (tertiary/aromatic N) is 1. The van der Waals surface area contributed by atoms with Crippen molar-refractivity contribution in [2.45, 2.75) is 19.4 Å². The number of hydrogen-bond donors (Lipinski definition) is 1. The number of methoxy groups -OCH3 is 2. The van der Waals surface area contributed by atoms with Crippen molar-refractivity contribution in [2.75, 3.05) is 14.2 Å². The molecule has 0 aliphatic rings. The molecule has 3 rings (SSSR count). The molecule has 2 heterocycles. The molecule has 1 N–H and O–H groups in total. The van der Waals surface area contributed by atoms with Gasteiger partial charge in [0.2, 0.25) is 5.91 Å². The predicted octanol–water partition coefficient (Wildman–Crippen LogP) is 3.81. The summed E-state index contributed by atoms with van der Waals surface area (Å²) in [5, 5.41) is 6.18. The summed E-state index contributed by atoms with van der Waals surface area (Å²) >= 11 is 1.66. The molecule has 0 unspecified atom stereocenters. The number of ether oxygens (including phenoxy) is 2. The van der Waals surface area contributed by atoms with Crippen LogP contribution in [0.25, 0.3) is 5.00 Å². The second-order valence-electron chi connectivity index (χ2n) is 5.84. The van der Waals surface area contributed by atoms with Crippen LogP contribution >= 0.6 is 11.3 Å². The lowest BCUT2D eigenvalue weighted by Gasteiger charge is -2.09. The van der Waals surface area contributed by atoms with E-state index in [1.807, 2.05) is 54.2 Å². The van der Waals surface area contributed by atoms with Gasteiger partial charge < -0.3 is 19.4 Å². The lowest BCUT2D eigenvalue weighted by molar-refractivity contribution is -0.121. The van der Waals surface area contributed by atoms with Crippen LogP contribution in [0.1, 0.15) is 17.5 Å². The number of thiophene rings is 1. The van der Waals surface area contributed by atoms with Crippen LogP contribution in [-0.2, 0) is 17.8 Å². The summed E-state index contributed by atoms with van der Waals surface area (Å²) in [6.45, 7) is 0.525. The van der Waals surface area contributed by atoms with E-state index in [9.17, 15) is 4.79 Å². The zero-order chi connectivity index (χ0) is 18.4. The summed E-state index contributed by atoms with van der Waals surface area (Å²) in [6, 6.07) is 11.7. The number of aromatic nitrogens is 1. The highest BCUT2D eigenvalue weighted by Crippen LogP contribution is 2.24. The van der Waals surface area contributed by atoms with E-state index in [0.29, 0.717) is 19.4 Å². The first-order valence-corrected chi connectivity index (χ1v) is 9.26. The third-order valence-corrected chi connectivity index (χ3v) is 5.06. The molecule has 26 heavy (non-hydrogen) atoms. The van der Waals surface area contributed by atoms with Gasteiger partial charge in [0.25, 0.3) is 0 Å². The van der Waals surface area contributed by atoms with Crippen molar-refractivity contribution in [1.29, 1.82) is 0 Å². The molecule has 6 heteroatoms. The van der Waals surface area contributed by atoms with E-state index in [-0.39, 0.29) is 5.91 Å². The third kappa shape index (κ3) is 4.46. The number of nitrogens with one attached hydrogen (secondary N) is 1. The fraction of sp³-hybridized carbons (Fsp3) is 0.250. The highest BCUT2D eigenvalue weighted by Gasteiger charge is 2.09. The summed E-state index contributed by atoms with van der Waals surface area (Å²) in [6.07, 6.45) is 5.06. The standard InChI is InChI=1S/C20H22N2O3S/c1-24-17-11-15(12-18(13-17)25-2)5-6-19(23)21-14-16-7-10-26-20(16)22-8-3-4-9-22/h3-4,7-13H,5-6,14H2,1-2H3,(H,21,23). The first-order chi connectivity index (χ1) is 12.7. The van der Waals surface area contributed by atoms with Gasteiger partial charge in [0.15, 0.2) is 0 Å². The molecule has 5 nitrogen and oxygen atoms in total. The molecule has 3 aromatic rings. The zero-order valence-corrected chi connectivity index (χ0v) is 15.7. The molecule has 1 amide bonds. The van der Waals surface area contributed by atoms with Gasteiger partial charge in [-0.05, 0) is 47.7 Å².